The lowest BCUT2D eigenvalue weighted by Crippen LogP contribution is -2.40. The summed E-state index contributed by atoms with van der Waals surface area (Å²) in [4.78, 5) is 44.4. The highest BCUT2D eigenvalue weighted by Gasteiger charge is 2.35. The largest absolute Gasteiger partial charge is 0.459 e. The van der Waals surface area contributed by atoms with Gasteiger partial charge in [0, 0.05) is 48.7 Å². The number of fused-ring (bicyclic) bond motifs is 1. The van der Waals surface area contributed by atoms with Crippen LogP contribution in [0.25, 0.3) is 11.6 Å². The minimum atomic E-state index is -1.50. The number of ketones is 2. The van der Waals surface area contributed by atoms with Crippen molar-refractivity contribution in [3.63, 3.8) is 0 Å². The van der Waals surface area contributed by atoms with E-state index < -0.39 is 12.4 Å². The molecule has 48 heavy (non-hydrogen) atoms. The summed E-state index contributed by atoms with van der Waals surface area (Å²) in [6.45, 7) is 11.8. The van der Waals surface area contributed by atoms with Crippen molar-refractivity contribution >= 4 is 40.7 Å². The maximum Gasteiger partial charge on any atom is 0.255 e. The SMILES string of the molecule is CC\C=c1/c(=C(\C=C(/C)CCC)c2ncc(OC(C)F)cc2Cl)cnn1Cc1ccc2c(c1)CN(C(CCC(=O)CCC)C(C)=O)C2=O. The molecule has 3 heterocycles. The van der Waals surface area contributed by atoms with Gasteiger partial charge in [0.1, 0.15) is 11.5 Å². The first-order chi connectivity index (χ1) is 23.0. The molecule has 4 rings (SSSR count). The molecular weight excluding hydrogens is 631 g/mol. The van der Waals surface area contributed by atoms with Gasteiger partial charge in [0.05, 0.1) is 41.0 Å². The Hall–Kier alpha value is -4.11. The summed E-state index contributed by atoms with van der Waals surface area (Å²) in [5.41, 5.74) is 4.89. The van der Waals surface area contributed by atoms with E-state index in [4.69, 9.17) is 21.4 Å². The maximum absolute atomic E-state index is 13.5. The van der Waals surface area contributed by atoms with Crippen molar-refractivity contribution in [2.24, 2.45) is 0 Å². The van der Waals surface area contributed by atoms with Crippen LogP contribution in [-0.4, -0.2) is 49.5 Å². The number of rotatable bonds is 16. The van der Waals surface area contributed by atoms with E-state index >= 15 is 0 Å². The number of allylic oxidation sites excluding steroid dienone is 2. The number of halogens is 2. The van der Waals surface area contributed by atoms with Crippen LogP contribution >= 0.6 is 11.6 Å². The molecule has 2 atom stereocenters. The fourth-order valence-corrected chi connectivity index (χ4v) is 6.45. The molecule has 8 nitrogen and oxygen atoms in total. The van der Waals surface area contributed by atoms with Gasteiger partial charge in [0.25, 0.3) is 5.91 Å². The number of carbonyl (C=O) groups is 3. The number of ether oxygens (including phenoxy) is 1. The van der Waals surface area contributed by atoms with Crippen LogP contribution in [0.3, 0.4) is 0 Å². The van der Waals surface area contributed by atoms with Crippen molar-refractivity contribution in [2.75, 3.05) is 0 Å². The highest BCUT2D eigenvalue weighted by Crippen LogP contribution is 2.29. The van der Waals surface area contributed by atoms with Gasteiger partial charge in [-0.2, -0.15) is 5.10 Å². The lowest BCUT2D eigenvalue weighted by Gasteiger charge is -2.25. The van der Waals surface area contributed by atoms with E-state index in [1.165, 1.54) is 20.0 Å². The van der Waals surface area contributed by atoms with Gasteiger partial charge >= 0.3 is 0 Å². The van der Waals surface area contributed by atoms with Gasteiger partial charge in [-0.3, -0.25) is 24.0 Å². The summed E-state index contributed by atoms with van der Waals surface area (Å²) in [6.07, 6.45) is 10.5. The van der Waals surface area contributed by atoms with Gasteiger partial charge < -0.3 is 9.64 Å². The average molecular weight is 677 g/mol. The molecule has 2 unspecified atom stereocenters. The van der Waals surface area contributed by atoms with Crippen LogP contribution in [0.4, 0.5) is 4.39 Å². The Balaban J connectivity index is 1.71. The average Bonchev–Trinajstić information content (AvgIpc) is 3.56. The molecule has 256 valence electrons. The number of Topliss-reactive ketones (excluding diaryl/α,β-unsaturated/α-hetero) is 2. The number of hydrogen-bond acceptors (Lipinski definition) is 6. The number of alkyl halides is 1. The second-order valence-corrected chi connectivity index (χ2v) is 12.8. The van der Waals surface area contributed by atoms with Crippen LogP contribution in [-0.2, 0) is 22.7 Å². The lowest BCUT2D eigenvalue weighted by molar-refractivity contribution is -0.122. The van der Waals surface area contributed by atoms with E-state index in [9.17, 15) is 18.8 Å². The zero-order valence-electron chi connectivity index (χ0n) is 28.8. The Morgan fingerprint density at radius 2 is 1.83 bits per heavy atom. The highest BCUT2D eigenvalue weighted by molar-refractivity contribution is 6.32. The van der Waals surface area contributed by atoms with Gasteiger partial charge in [0.2, 0.25) is 6.36 Å². The van der Waals surface area contributed by atoms with E-state index in [2.05, 4.69) is 37.9 Å². The molecule has 0 bridgehead atoms. The van der Waals surface area contributed by atoms with Crippen molar-refractivity contribution in [3.05, 3.63) is 86.3 Å². The van der Waals surface area contributed by atoms with Crippen molar-refractivity contribution in [3.8, 4) is 5.75 Å². The first kappa shape index (κ1) is 36.7. The molecule has 1 amide bonds. The molecule has 0 radical (unpaired) electrons. The minimum Gasteiger partial charge on any atom is -0.459 e. The van der Waals surface area contributed by atoms with Crippen molar-refractivity contribution in [1.29, 1.82) is 0 Å². The van der Waals surface area contributed by atoms with Gasteiger partial charge in [-0.1, -0.05) is 68.7 Å². The monoisotopic (exact) mass is 676 g/mol. The number of carbonyl (C=O) groups excluding carboxylic acids is 3. The maximum atomic E-state index is 13.5. The number of hydrogen-bond donors (Lipinski definition) is 0. The highest BCUT2D eigenvalue weighted by atomic mass is 35.5. The Kier molecular flexibility index (Phi) is 12.9. The molecule has 0 N–H and O–H groups in total. The molecule has 0 spiro atoms. The first-order valence-electron chi connectivity index (χ1n) is 16.8. The van der Waals surface area contributed by atoms with E-state index in [0.717, 1.165) is 58.5 Å². The topological polar surface area (TPSA) is 94.4 Å². The fraction of sp³-hybridized carbons (Fsp3) is 0.447. The third kappa shape index (κ3) is 8.86. The molecule has 2 aromatic heterocycles. The van der Waals surface area contributed by atoms with Crippen LogP contribution in [0.5, 0.6) is 5.75 Å². The Morgan fingerprint density at radius 1 is 1.08 bits per heavy atom. The van der Waals surface area contributed by atoms with E-state index in [1.807, 2.05) is 36.0 Å². The zero-order chi connectivity index (χ0) is 35.0. The first-order valence-corrected chi connectivity index (χ1v) is 17.2. The van der Waals surface area contributed by atoms with Crippen LogP contribution in [0.2, 0.25) is 5.02 Å². The predicted octanol–water partition coefficient (Wildman–Crippen LogP) is 6.87. The number of pyridine rings is 1. The molecular formula is C38H46ClFN4O4. The summed E-state index contributed by atoms with van der Waals surface area (Å²) >= 11 is 6.73. The van der Waals surface area contributed by atoms with Gasteiger partial charge in [-0.05, 0) is 56.7 Å². The standard InChI is InChI=1S/C38H46ClFN4O4/c1-7-10-24(4)17-32(37-34(39)19-30(20-41-37)48-26(6)40)33-21-42-44(36(33)12-9-3)22-27-13-15-31-28(18-27)23-43(38(31)47)35(25(5)45)16-14-29(46)11-8-2/h12-13,15,17-21,26,35H,7-11,14,16,22-23H2,1-6H3/b24-17+,33-32+,36-12+. The van der Waals surface area contributed by atoms with Crippen LogP contribution < -0.4 is 15.3 Å². The second-order valence-electron chi connectivity index (χ2n) is 12.4. The molecule has 1 aliphatic rings. The Morgan fingerprint density at radius 3 is 2.48 bits per heavy atom. The quantitative estimate of drug-likeness (QED) is 0.164. The smallest absolute Gasteiger partial charge is 0.255 e. The summed E-state index contributed by atoms with van der Waals surface area (Å²) in [6, 6.07) is 6.69. The van der Waals surface area contributed by atoms with Crippen LogP contribution in [0.1, 0.15) is 114 Å². The molecule has 0 aliphatic carbocycles. The minimum absolute atomic E-state index is 0.111. The van der Waals surface area contributed by atoms with E-state index in [-0.39, 0.29) is 29.6 Å². The third-order valence-corrected chi connectivity index (χ3v) is 8.67. The number of amides is 1. The molecule has 1 aliphatic heterocycles. The molecule has 0 saturated heterocycles. The van der Waals surface area contributed by atoms with Gasteiger partial charge in [-0.15, -0.1) is 0 Å². The zero-order valence-corrected chi connectivity index (χ0v) is 29.6. The number of nitrogens with zero attached hydrogens (tertiary/aromatic N) is 4. The third-order valence-electron chi connectivity index (χ3n) is 8.38. The predicted molar refractivity (Wildman–Crippen MR) is 187 cm³/mol. The Labute approximate surface area is 287 Å². The molecule has 0 fully saturated rings. The summed E-state index contributed by atoms with van der Waals surface area (Å²) < 4.78 is 20.6. The van der Waals surface area contributed by atoms with Crippen molar-refractivity contribution in [2.45, 2.75) is 112 Å². The van der Waals surface area contributed by atoms with Crippen molar-refractivity contribution < 1.29 is 23.5 Å². The fourth-order valence-electron chi connectivity index (χ4n) is 6.19. The second kappa shape index (κ2) is 16.8. The lowest BCUT2D eigenvalue weighted by atomic mass is 10.0. The van der Waals surface area contributed by atoms with Gasteiger partial charge in [0.15, 0.2) is 5.78 Å². The normalized spacial score (nSPS) is 15.4. The molecule has 3 aromatic rings. The Bertz CT molecular complexity index is 1810. The van der Waals surface area contributed by atoms with E-state index in [1.54, 1.807) is 11.0 Å². The summed E-state index contributed by atoms with van der Waals surface area (Å²) in [7, 11) is 0. The van der Waals surface area contributed by atoms with E-state index in [0.29, 0.717) is 42.2 Å². The van der Waals surface area contributed by atoms with Gasteiger partial charge in [-0.25, -0.2) is 4.39 Å². The molecule has 0 saturated carbocycles. The molecule has 10 heteroatoms. The van der Waals surface area contributed by atoms with Crippen LogP contribution in [0.15, 0.2) is 48.3 Å². The summed E-state index contributed by atoms with van der Waals surface area (Å²) in [5.74, 6) is 0.0573. The van der Waals surface area contributed by atoms with Crippen molar-refractivity contribution in [1.82, 2.24) is 19.7 Å². The summed E-state index contributed by atoms with van der Waals surface area (Å²) in [5, 5.41) is 6.88. The molecule has 1 aromatic carbocycles. The number of benzene rings is 1. The van der Waals surface area contributed by atoms with Crippen LogP contribution in [0, 0.1) is 0 Å². The number of aromatic nitrogens is 3.